The van der Waals surface area contributed by atoms with Gasteiger partial charge in [-0.2, -0.15) is 0 Å². The van der Waals surface area contributed by atoms with E-state index in [1.165, 1.54) is 22.5 Å². The van der Waals surface area contributed by atoms with Gasteiger partial charge in [-0.25, -0.2) is 9.67 Å². The summed E-state index contributed by atoms with van der Waals surface area (Å²) in [7, 11) is 0. The summed E-state index contributed by atoms with van der Waals surface area (Å²) in [5, 5.41) is 11.6. The first-order valence-corrected chi connectivity index (χ1v) is 9.82. The maximum Gasteiger partial charge on any atom is 0.146 e. The van der Waals surface area contributed by atoms with Gasteiger partial charge in [-0.15, -0.1) is 27.8 Å². The van der Waals surface area contributed by atoms with Gasteiger partial charge in [0.1, 0.15) is 10.7 Å². The predicted octanol–water partition coefficient (Wildman–Crippen LogP) is 5.70. The number of rotatable bonds is 3. The van der Waals surface area contributed by atoms with Crippen LogP contribution in [0.5, 0.6) is 0 Å². The van der Waals surface area contributed by atoms with Gasteiger partial charge in [-0.1, -0.05) is 22.9 Å². The van der Waals surface area contributed by atoms with E-state index in [1.807, 2.05) is 29.1 Å². The summed E-state index contributed by atoms with van der Waals surface area (Å²) < 4.78 is 2.63. The molecule has 0 spiro atoms. The number of hydrogen-bond donors (Lipinski definition) is 0. The van der Waals surface area contributed by atoms with Gasteiger partial charge in [0.25, 0.3) is 0 Å². The fourth-order valence-electron chi connectivity index (χ4n) is 2.58. The zero-order valence-corrected chi connectivity index (χ0v) is 16.3. The van der Waals surface area contributed by atoms with Gasteiger partial charge in [-0.3, -0.25) is 0 Å². The Labute approximate surface area is 158 Å². The quantitative estimate of drug-likeness (QED) is 0.453. The van der Waals surface area contributed by atoms with Crippen molar-refractivity contribution in [2.45, 2.75) is 20.8 Å². The zero-order chi connectivity index (χ0) is 17.6. The van der Waals surface area contributed by atoms with Crippen molar-refractivity contribution < 1.29 is 0 Å². The molecule has 4 nitrogen and oxygen atoms in total. The molecule has 0 unspecified atom stereocenters. The van der Waals surface area contributed by atoms with Gasteiger partial charge in [0.05, 0.1) is 26.3 Å². The van der Waals surface area contributed by atoms with E-state index < -0.39 is 0 Å². The Morgan fingerprint density at radius 3 is 2.60 bits per heavy atom. The van der Waals surface area contributed by atoms with Crippen LogP contribution in [0.1, 0.15) is 16.8 Å². The van der Waals surface area contributed by atoms with Crippen LogP contribution in [0.4, 0.5) is 0 Å². The monoisotopic (exact) mass is 386 g/mol. The molecule has 1 aromatic carbocycles. The summed E-state index contributed by atoms with van der Waals surface area (Å²) in [4.78, 5) is 5.78. The standard InChI is InChI=1S/C18H15ClN4S2/c1-10-4-5-13(8-11(10)2)23-12(3)17(21-22-23)18-20-14(9-24-18)15-6-7-16(19)25-15/h4-9H,1-3H3. The molecule has 0 atom stereocenters. The summed E-state index contributed by atoms with van der Waals surface area (Å²) in [6.07, 6.45) is 0. The first-order valence-electron chi connectivity index (χ1n) is 7.74. The van der Waals surface area contributed by atoms with Crippen LogP contribution >= 0.6 is 34.3 Å². The number of nitrogens with zero attached hydrogens (tertiary/aromatic N) is 4. The molecule has 0 aliphatic rings. The number of thiophene rings is 1. The number of aryl methyl sites for hydroxylation is 2. The Morgan fingerprint density at radius 1 is 1.04 bits per heavy atom. The first-order chi connectivity index (χ1) is 12.0. The summed E-state index contributed by atoms with van der Waals surface area (Å²) >= 11 is 9.12. The van der Waals surface area contributed by atoms with E-state index in [0.717, 1.165) is 37.0 Å². The van der Waals surface area contributed by atoms with Crippen molar-refractivity contribution in [1.29, 1.82) is 0 Å². The van der Waals surface area contributed by atoms with Gasteiger partial charge >= 0.3 is 0 Å². The Hall–Kier alpha value is -2.02. The number of thiazole rings is 1. The molecule has 4 rings (SSSR count). The maximum atomic E-state index is 6.02. The van der Waals surface area contributed by atoms with E-state index in [4.69, 9.17) is 16.6 Å². The lowest BCUT2D eigenvalue weighted by atomic mass is 10.1. The third kappa shape index (κ3) is 3.01. The molecular weight excluding hydrogens is 372 g/mol. The molecule has 126 valence electrons. The van der Waals surface area contributed by atoms with Crippen LogP contribution in [0.2, 0.25) is 4.34 Å². The highest BCUT2D eigenvalue weighted by Gasteiger charge is 2.16. The minimum absolute atomic E-state index is 0.765. The molecule has 0 amide bonds. The molecule has 7 heteroatoms. The van der Waals surface area contributed by atoms with E-state index in [9.17, 15) is 0 Å². The number of hydrogen-bond acceptors (Lipinski definition) is 5. The number of aromatic nitrogens is 4. The molecule has 4 aromatic rings. The van der Waals surface area contributed by atoms with Crippen LogP contribution in [0.15, 0.2) is 35.7 Å². The molecule has 0 saturated carbocycles. The van der Waals surface area contributed by atoms with Crippen molar-refractivity contribution >= 4 is 34.3 Å². The summed E-state index contributed by atoms with van der Waals surface area (Å²) in [6.45, 7) is 6.23. The lowest BCUT2D eigenvalue weighted by Gasteiger charge is -2.06. The van der Waals surface area contributed by atoms with Crippen LogP contribution in [-0.2, 0) is 0 Å². The smallest absolute Gasteiger partial charge is 0.146 e. The third-order valence-corrected chi connectivity index (χ3v) is 6.26. The normalized spacial score (nSPS) is 11.2. The average molecular weight is 387 g/mol. The molecule has 0 bridgehead atoms. The SMILES string of the molecule is Cc1ccc(-n2nnc(-c3nc(-c4ccc(Cl)s4)cs3)c2C)cc1C. The number of benzene rings is 1. The van der Waals surface area contributed by atoms with Gasteiger partial charge in [0.15, 0.2) is 0 Å². The minimum atomic E-state index is 0.765. The van der Waals surface area contributed by atoms with Crippen LogP contribution in [0.3, 0.4) is 0 Å². The molecule has 25 heavy (non-hydrogen) atoms. The second kappa shape index (κ2) is 6.37. The second-order valence-corrected chi connectivity index (χ2v) is 8.42. The topological polar surface area (TPSA) is 43.6 Å². The Balaban J connectivity index is 1.72. The van der Waals surface area contributed by atoms with Crippen molar-refractivity contribution in [3.8, 4) is 27.0 Å². The lowest BCUT2D eigenvalue weighted by molar-refractivity contribution is 0.784. The highest BCUT2D eigenvalue weighted by Crippen LogP contribution is 2.34. The van der Waals surface area contributed by atoms with Gasteiger partial charge in [0, 0.05) is 5.38 Å². The molecule has 0 N–H and O–H groups in total. The van der Waals surface area contributed by atoms with E-state index in [-0.39, 0.29) is 0 Å². The molecular formula is C18H15ClN4S2. The van der Waals surface area contributed by atoms with Crippen molar-refractivity contribution in [3.63, 3.8) is 0 Å². The molecule has 0 saturated heterocycles. The van der Waals surface area contributed by atoms with Crippen LogP contribution in [0.25, 0.3) is 27.0 Å². The molecule has 3 aromatic heterocycles. The van der Waals surface area contributed by atoms with Crippen molar-refractivity contribution in [2.24, 2.45) is 0 Å². The first kappa shape index (κ1) is 16.4. The van der Waals surface area contributed by atoms with E-state index >= 15 is 0 Å². The maximum absolute atomic E-state index is 6.02. The minimum Gasteiger partial charge on any atom is -0.233 e. The summed E-state index contributed by atoms with van der Waals surface area (Å²) in [5.41, 5.74) is 6.24. The van der Waals surface area contributed by atoms with Crippen LogP contribution < -0.4 is 0 Å². The molecule has 0 aliphatic carbocycles. The van der Waals surface area contributed by atoms with Crippen molar-refractivity contribution in [1.82, 2.24) is 20.0 Å². The van der Waals surface area contributed by atoms with E-state index in [2.05, 4.69) is 42.4 Å². The second-order valence-electron chi connectivity index (χ2n) is 5.85. The third-order valence-electron chi connectivity index (χ3n) is 4.16. The Kier molecular flexibility index (Phi) is 4.19. The largest absolute Gasteiger partial charge is 0.233 e. The Bertz CT molecular complexity index is 1060. The molecule has 0 fully saturated rings. The van der Waals surface area contributed by atoms with E-state index in [0.29, 0.717) is 0 Å². The average Bonchev–Trinajstić information content (AvgIpc) is 3.29. The highest BCUT2D eigenvalue weighted by atomic mass is 35.5. The van der Waals surface area contributed by atoms with Gasteiger partial charge in [-0.05, 0) is 56.2 Å². The lowest BCUT2D eigenvalue weighted by Crippen LogP contribution is -2.00. The highest BCUT2D eigenvalue weighted by molar-refractivity contribution is 7.19. The van der Waals surface area contributed by atoms with Crippen LogP contribution in [-0.4, -0.2) is 20.0 Å². The molecule has 3 heterocycles. The zero-order valence-electron chi connectivity index (χ0n) is 13.9. The van der Waals surface area contributed by atoms with Gasteiger partial charge < -0.3 is 0 Å². The molecule has 0 radical (unpaired) electrons. The van der Waals surface area contributed by atoms with E-state index in [1.54, 1.807) is 11.3 Å². The van der Waals surface area contributed by atoms with Crippen LogP contribution in [0, 0.1) is 20.8 Å². The van der Waals surface area contributed by atoms with Gasteiger partial charge in [0.2, 0.25) is 0 Å². The summed E-state index contributed by atoms with van der Waals surface area (Å²) in [6, 6.07) is 10.2. The fourth-order valence-corrected chi connectivity index (χ4v) is 4.51. The fraction of sp³-hybridized carbons (Fsp3) is 0.167. The van der Waals surface area contributed by atoms with Crippen molar-refractivity contribution in [2.75, 3.05) is 0 Å². The molecule has 0 aliphatic heterocycles. The van der Waals surface area contributed by atoms with Crippen molar-refractivity contribution in [3.05, 3.63) is 56.9 Å². The number of halogens is 1. The summed E-state index contributed by atoms with van der Waals surface area (Å²) in [5.74, 6) is 0. The Morgan fingerprint density at radius 2 is 1.88 bits per heavy atom. The predicted molar refractivity (Wildman–Crippen MR) is 105 cm³/mol.